The zero-order chi connectivity index (χ0) is 23.8. The Labute approximate surface area is 204 Å². The number of carbonyl (C=O) groups excluding carboxylic acids is 2. The Kier molecular flexibility index (Phi) is 6.14. The molecule has 1 saturated heterocycles. The molecule has 4 aromatic rings. The predicted octanol–water partition coefficient (Wildman–Crippen LogP) is 5.26. The molecule has 1 aliphatic heterocycles. The van der Waals surface area contributed by atoms with Crippen LogP contribution in [-0.4, -0.2) is 45.9 Å². The number of rotatable bonds is 5. The molecule has 0 aliphatic carbocycles. The van der Waals surface area contributed by atoms with Crippen molar-refractivity contribution in [1.82, 2.24) is 15.2 Å². The van der Waals surface area contributed by atoms with Gasteiger partial charge in [0.2, 0.25) is 0 Å². The lowest BCUT2D eigenvalue weighted by Gasteiger charge is -2.24. The first-order chi connectivity index (χ1) is 16.4. The molecule has 34 heavy (non-hydrogen) atoms. The Balaban J connectivity index is 1.34. The summed E-state index contributed by atoms with van der Waals surface area (Å²) < 4.78 is 19.1. The topological polar surface area (TPSA) is 75.4 Å². The Hall–Kier alpha value is -3.17. The van der Waals surface area contributed by atoms with Crippen molar-refractivity contribution in [3.63, 3.8) is 0 Å². The maximum Gasteiger partial charge on any atom is 0.275 e. The van der Waals surface area contributed by atoms with Gasteiger partial charge in [0.05, 0.1) is 33.6 Å². The molecule has 1 aliphatic rings. The largest absolute Gasteiger partial charge is 0.461 e. The van der Waals surface area contributed by atoms with Crippen LogP contribution in [0.2, 0.25) is 0 Å². The number of thioether (sulfide) groups is 1. The van der Waals surface area contributed by atoms with E-state index < -0.39 is 5.82 Å². The maximum atomic E-state index is 13.9. The smallest absolute Gasteiger partial charge is 0.275 e. The average Bonchev–Trinajstić information content (AvgIpc) is 3.57. The molecule has 0 radical (unpaired) electrons. The fourth-order valence-electron chi connectivity index (χ4n) is 4.10. The third-order valence-corrected chi connectivity index (χ3v) is 7.87. The number of halogens is 1. The third-order valence-electron chi connectivity index (χ3n) is 5.77. The van der Waals surface area contributed by atoms with E-state index in [4.69, 9.17) is 4.42 Å². The molecule has 1 fully saturated rings. The molecule has 2 aromatic carbocycles. The van der Waals surface area contributed by atoms with Gasteiger partial charge < -0.3 is 14.6 Å². The van der Waals surface area contributed by atoms with E-state index >= 15 is 0 Å². The molecular weight excluding hydrogens is 473 g/mol. The fraction of sp³-hybridized carbons (Fsp3) is 0.240. The molecule has 2 amide bonds. The summed E-state index contributed by atoms with van der Waals surface area (Å²) in [5.74, 6) is 0.263. The van der Waals surface area contributed by atoms with E-state index in [1.807, 2.05) is 32.0 Å². The third kappa shape index (κ3) is 4.21. The molecule has 3 heterocycles. The van der Waals surface area contributed by atoms with Gasteiger partial charge in [0, 0.05) is 17.7 Å². The van der Waals surface area contributed by atoms with Gasteiger partial charge in [-0.1, -0.05) is 29.8 Å². The van der Waals surface area contributed by atoms with Crippen LogP contribution in [0, 0.1) is 19.7 Å². The van der Waals surface area contributed by atoms with Crippen molar-refractivity contribution in [2.75, 3.05) is 18.2 Å². The number of aryl methyl sites for hydroxylation is 2. The molecule has 9 heteroatoms. The van der Waals surface area contributed by atoms with E-state index in [1.165, 1.54) is 29.7 Å². The number of carbonyl (C=O) groups is 2. The molecule has 2 aromatic heterocycles. The lowest BCUT2D eigenvalue weighted by atomic mass is 10.1. The van der Waals surface area contributed by atoms with Gasteiger partial charge >= 0.3 is 0 Å². The van der Waals surface area contributed by atoms with E-state index in [0.29, 0.717) is 28.3 Å². The minimum atomic E-state index is -0.511. The van der Waals surface area contributed by atoms with Crippen molar-refractivity contribution in [2.45, 2.75) is 19.9 Å². The van der Waals surface area contributed by atoms with Gasteiger partial charge in [-0.2, -0.15) is 0 Å². The van der Waals surface area contributed by atoms with Crippen molar-refractivity contribution in [3.8, 4) is 10.4 Å². The lowest BCUT2D eigenvalue weighted by molar-refractivity contribution is 0.0732. The van der Waals surface area contributed by atoms with Crippen molar-refractivity contribution < 1.29 is 18.4 Å². The highest BCUT2D eigenvalue weighted by Gasteiger charge is 2.33. The zero-order valence-electron chi connectivity index (χ0n) is 18.6. The Morgan fingerprint density at radius 3 is 2.91 bits per heavy atom. The number of benzene rings is 2. The van der Waals surface area contributed by atoms with E-state index in [2.05, 4.69) is 16.4 Å². The van der Waals surface area contributed by atoms with Crippen LogP contribution in [-0.2, 0) is 0 Å². The highest BCUT2D eigenvalue weighted by atomic mass is 32.2. The fourth-order valence-corrected chi connectivity index (χ4v) is 6.20. The summed E-state index contributed by atoms with van der Waals surface area (Å²) in [4.78, 5) is 33.6. The van der Waals surface area contributed by atoms with Gasteiger partial charge in [-0.15, -0.1) is 23.1 Å². The summed E-state index contributed by atoms with van der Waals surface area (Å²) in [5, 5.41) is 4.16. The molecular formula is C25H22FN3O3S2. The predicted molar refractivity (Wildman–Crippen MR) is 133 cm³/mol. The molecule has 6 nitrogen and oxygen atoms in total. The second kappa shape index (κ2) is 9.23. The van der Waals surface area contributed by atoms with Crippen LogP contribution in [0.5, 0.6) is 0 Å². The first-order valence-electron chi connectivity index (χ1n) is 10.8. The maximum absolute atomic E-state index is 13.9. The number of hydrogen-bond acceptors (Lipinski definition) is 6. The first-order valence-corrected chi connectivity index (χ1v) is 12.8. The number of thiazole rings is 1. The highest BCUT2D eigenvalue weighted by molar-refractivity contribution is 7.99. The van der Waals surface area contributed by atoms with Crippen molar-refractivity contribution in [3.05, 3.63) is 76.4 Å². The second-order valence-corrected chi connectivity index (χ2v) is 10.4. The normalized spacial score (nSPS) is 15.7. The molecule has 5 rings (SSSR count). The van der Waals surface area contributed by atoms with E-state index in [-0.39, 0.29) is 30.0 Å². The summed E-state index contributed by atoms with van der Waals surface area (Å²) in [6.45, 7) is 4.21. The summed E-state index contributed by atoms with van der Waals surface area (Å²) >= 11 is 3.15. The standard InChI is InChI=1S/C25H22FN3O3S2/c1-14-4-3-5-16(10-14)23-21(28-15(2)34-23)25(31)29-13-33-12-17(29)11-27-24(30)19-6-7-20(26)22-18(19)8-9-32-22/h3-10,17H,11-13H2,1-2H3,(H,27,30). The quantitative estimate of drug-likeness (QED) is 0.409. The van der Waals surface area contributed by atoms with Crippen LogP contribution in [0.4, 0.5) is 4.39 Å². The van der Waals surface area contributed by atoms with Gasteiger partial charge in [0.1, 0.15) is 5.69 Å². The number of nitrogens with one attached hydrogen (secondary N) is 1. The molecule has 0 saturated carbocycles. The number of fused-ring (bicyclic) bond motifs is 1. The summed E-state index contributed by atoms with van der Waals surface area (Å²) in [7, 11) is 0. The molecule has 1 atom stereocenters. The Bertz CT molecular complexity index is 1400. The average molecular weight is 496 g/mol. The van der Waals surface area contributed by atoms with E-state index in [1.54, 1.807) is 22.7 Å². The van der Waals surface area contributed by atoms with Crippen LogP contribution in [0.15, 0.2) is 53.1 Å². The SMILES string of the molecule is Cc1cccc(-c2sc(C)nc2C(=O)N2CSCC2CNC(=O)c2ccc(F)c3occc23)c1. The van der Waals surface area contributed by atoms with Crippen molar-refractivity contribution in [1.29, 1.82) is 0 Å². The van der Waals surface area contributed by atoms with E-state index in [9.17, 15) is 14.0 Å². The molecule has 1 unspecified atom stereocenters. The van der Waals surface area contributed by atoms with Gasteiger partial charge in [0.25, 0.3) is 11.8 Å². The highest BCUT2D eigenvalue weighted by Crippen LogP contribution is 2.33. The number of amides is 2. The molecule has 1 N–H and O–H groups in total. The van der Waals surface area contributed by atoms with Crippen molar-refractivity contribution in [2.24, 2.45) is 0 Å². The van der Waals surface area contributed by atoms with Crippen molar-refractivity contribution >= 4 is 45.9 Å². The van der Waals surface area contributed by atoms with Gasteiger partial charge in [-0.3, -0.25) is 9.59 Å². The molecule has 0 bridgehead atoms. The number of furan rings is 1. The van der Waals surface area contributed by atoms with Gasteiger partial charge in [0.15, 0.2) is 11.4 Å². The Morgan fingerprint density at radius 2 is 2.09 bits per heavy atom. The monoisotopic (exact) mass is 495 g/mol. The van der Waals surface area contributed by atoms with Crippen LogP contribution >= 0.6 is 23.1 Å². The zero-order valence-corrected chi connectivity index (χ0v) is 20.3. The number of aromatic nitrogens is 1. The van der Waals surface area contributed by atoms with Crippen LogP contribution < -0.4 is 5.32 Å². The summed E-state index contributed by atoms with van der Waals surface area (Å²) in [6, 6.07) is 12.1. The molecule has 0 spiro atoms. The summed E-state index contributed by atoms with van der Waals surface area (Å²) in [6.07, 6.45) is 1.36. The summed E-state index contributed by atoms with van der Waals surface area (Å²) in [5.41, 5.74) is 2.94. The lowest BCUT2D eigenvalue weighted by Crippen LogP contribution is -2.44. The van der Waals surface area contributed by atoms with Crippen LogP contribution in [0.25, 0.3) is 21.4 Å². The first kappa shape index (κ1) is 22.6. The van der Waals surface area contributed by atoms with Crippen LogP contribution in [0.3, 0.4) is 0 Å². The minimum Gasteiger partial charge on any atom is -0.461 e. The molecule has 174 valence electrons. The second-order valence-electron chi connectivity index (χ2n) is 8.18. The number of nitrogens with zero attached hydrogens (tertiary/aromatic N) is 2. The van der Waals surface area contributed by atoms with Crippen LogP contribution in [0.1, 0.15) is 31.4 Å². The van der Waals surface area contributed by atoms with E-state index in [0.717, 1.165) is 21.0 Å². The number of hydrogen-bond donors (Lipinski definition) is 1. The van der Waals surface area contributed by atoms with Gasteiger partial charge in [-0.25, -0.2) is 9.37 Å². The van der Waals surface area contributed by atoms with Gasteiger partial charge in [-0.05, 0) is 37.6 Å². The Morgan fingerprint density at radius 1 is 1.24 bits per heavy atom. The minimum absolute atomic E-state index is 0.0588.